The molecule has 0 saturated heterocycles. The Morgan fingerprint density at radius 2 is 1.88 bits per heavy atom. The maximum atomic E-state index is 11.8. The largest absolute Gasteiger partial charge is 0.392 e. The van der Waals surface area contributed by atoms with Gasteiger partial charge in [-0.15, -0.1) is 0 Å². The van der Waals surface area contributed by atoms with E-state index in [0.717, 1.165) is 12.8 Å². The summed E-state index contributed by atoms with van der Waals surface area (Å²) in [5.41, 5.74) is 4.78. The zero-order valence-corrected chi connectivity index (χ0v) is 12.7. The fraction of sp³-hybridized carbons (Fsp3) is 0.833. The summed E-state index contributed by atoms with van der Waals surface area (Å²) in [5.74, 6) is 1.15. The van der Waals surface area contributed by atoms with E-state index in [1.165, 1.54) is 18.6 Å². The highest BCUT2D eigenvalue weighted by Gasteiger charge is 2.30. The van der Waals surface area contributed by atoms with Crippen LogP contribution >= 0.6 is 24.0 Å². The van der Waals surface area contributed by atoms with Gasteiger partial charge in [0.1, 0.15) is 0 Å². The van der Waals surface area contributed by atoms with Crippen LogP contribution in [0, 0.1) is 5.41 Å². The van der Waals surface area contributed by atoms with E-state index in [9.17, 15) is 4.79 Å². The van der Waals surface area contributed by atoms with Crippen molar-refractivity contribution in [2.24, 2.45) is 11.1 Å². The zero-order valence-electron chi connectivity index (χ0n) is 11.0. The van der Waals surface area contributed by atoms with Crippen molar-refractivity contribution in [1.29, 1.82) is 0 Å². The first-order valence-electron chi connectivity index (χ1n) is 6.00. The minimum absolute atomic E-state index is 0.0749. The summed E-state index contributed by atoms with van der Waals surface area (Å²) in [7, 11) is 0. The lowest BCUT2D eigenvalue weighted by atomic mass is 9.92. The molecule has 5 heteroatoms. The molecule has 0 aromatic rings. The molecule has 0 aromatic heterocycles. The Bertz CT molecular complexity index is 255. The van der Waals surface area contributed by atoms with Crippen LogP contribution in [0.2, 0.25) is 0 Å². The molecule has 0 rings (SSSR count). The topological polar surface area (TPSA) is 55.1 Å². The summed E-state index contributed by atoms with van der Waals surface area (Å²) >= 11 is 6.75. The molecule has 0 bridgehead atoms. The molecule has 0 heterocycles. The Morgan fingerprint density at radius 3 is 2.41 bits per heavy atom. The summed E-state index contributed by atoms with van der Waals surface area (Å²) in [6.45, 7) is 4.22. The number of nitrogens with two attached hydrogens (primary N) is 1. The van der Waals surface area contributed by atoms with Gasteiger partial charge in [-0.3, -0.25) is 4.79 Å². The molecule has 100 valence electrons. The maximum Gasteiger partial charge on any atom is 0.232 e. The van der Waals surface area contributed by atoms with Crippen molar-refractivity contribution in [3.63, 3.8) is 0 Å². The Balaban J connectivity index is 3.62. The van der Waals surface area contributed by atoms with Crippen molar-refractivity contribution >= 4 is 34.9 Å². The van der Waals surface area contributed by atoms with E-state index in [1.807, 2.05) is 11.8 Å². The van der Waals surface area contributed by atoms with Crippen LogP contribution in [0.15, 0.2) is 0 Å². The quantitative estimate of drug-likeness (QED) is 0.501. The van der Waals surface area contributed by atoms with Crippen LogP contribution < -0.4 is 11.1 Å². The molecule has 0 aliphatic carbocycles. The highest BCUT2D eigenvalue weighted by Crippen LogP contribution is 2.15. The Labute approximate surface area is 114 Å². The minimum Gasteiger partial charge on any atom is -0.392 e. The highest BCUT2D eigenvalue weighted by atomic mass is 32.2. The number of hydrogen-bond donors (Lipinski definition) is 2. The number of amides is 1. The smallest absolute Gasteiger partial charge is 0.232 e. The minimum atomic E-state index is -0.742. The average molecular weight is 276 g/mol. The average Bonchev–Trinajstić information content (AvgIpc) is 2.27. The van der Waals surface area contributed by atoms with E-state index in [4.69, 9.17) is 18.0 Å². The summed E-state index contributed by atoms with van der Waals surface area (Å²) in [5, 5.41) is 2.88. The van der Waals surface area contributed by atoms with E-state index in [2.05, 4.69) is 11.6 Å². The maximum absolute atomic E-state index is 11.8. The molecule has 3 N–H and O–H groups in total. The van der Waals surface area contributed by atoms with Gasteiger partial charge in [0.2, 0.25) is 5.91 Å². The first-order chi connectivity index (χ1) is 7.92. The van der Waals surface area contributed by atoms with Crippen LogP contribution in [-0.4, -0.2) is 29.4 Å². The van der Waals surface area contributed by atoms with Gasteiger partial charge in [0.05, 0.1) is 10.4 Å². The molecule has 0 aromatic carbocycles. The monoisotopic (exact) mass is 276 g/mol. The fourth-order valence-corrected chi connectivity index (χ4v) is 1.85. The lowest BCUT2D eigenvalue weighted by Crippen LogP contribution is -2.45. The molecular formula is C12H24N2OS2. The molecule has 0 aliphatic heterocycles. The normalized spacial score (nSPS) is 11.2. The second-order valence-electron chi connectivity index (χ2n) is 4.65. The van der Waals surface area contributed by atoms with Gasteiger partial charge < -0.3 is 11.1 Å². The number of carbonyl (C=O) groups excluding carboxylic acids is 1. The first kappa shape index (κ1) is 16.7. The molecule has 0 atom stereocenters. The van der Waals surface area contributed by atoms with Crippen LogP contribution in [0.1, 0.15) is 39.5 Å². The predicted octanol–water partition coefficient (Wildman–Crippen LogP) is 2.34. The van der Waals surface area contributed by atoms with Gasteiger partial charge in [0.15, 0.2) is 0 Å². The molecule has 17 heavy (non-hydrogen) atoms. The molecular weight excluding hydrogens is 252 g/mol. The van der Waals surface area contributed by atoms with Crippen molar-refractivity contribution in [3.05, 3.63) is 0 Å². The van der Waals surface area contributed by atoms with Crippen LogP contribution in [0.25, 0.3) is 0 Å². The van der Waals surface area contributed by atoms with Gasteiger partial charge in [-0.2, -0.15) is 11.8 Å². The van der Waals surface area contributed by atoms with Crippen LogP contribution in [0.4, 0.5) is 0 Å². The number of unbranched alkanes of at least 4 members (excludes halogenated alkanes) is 3. The van der Waals surface area contributed by atoms with E-state index in [0.29, 0.717) is 6.54 Å². The van der Waals surface area contributed by atoms with Crippen molar-refractivity contribution in [3.8, 4) is 0 Å². The zero-order chi connectivity index (χ0) is 13.3. The number of rotatable bonds is 9. The number of nitrogens with one attached hydrogen (secondary N) is 1. The van der Waals surface area contributed by atoms with Crippen molar-refractivity contribution in [2.45, 2.75) is 39.5 Å². The standard InChI is InChI=1S/C12H24N2OS2/c1-12(2,10(13)16)11(15)14-8-6-4-5-7-9-17-3/h4-9H2,1-3H3,(H2,13,16)(H,14,15). The van der Waals surface area contributed by atoms with Crippen LogP contribution in [-0.2, 0) is 4.79 Å². The highest BCUT2D eigenvalue weighted by molar-refractivity contribution is 7.98. The fourth-order valence-electron chi connectivity index (χ4n) is 1.26. The number of carbonyl (C=O) groups is 1. The van der Waals surface area contributed by atoms with Gasteiger partial charge in [-0.1, -0.05) is 25.1 Å². The second kappa shape index (κ2) is 8.75. The molecule has 3 nitrogen and oxygen atoms in total. The lowest BCUT2D eigenvalue weighted by molar-refractivity contribution is -0.126. The predicted molar refractivity (Wildman–Crippen MR) is 80.4 cm³/mol. The Kier molecular flexibility index (Phi) is 8.60. The summed E-state index contributed by atoms with van der Waals surface area (Å²) in [6.07, 6.45) is 6.79. The van der Waals surface area contributed by atoms with Crippen molar-refractivity contribution in [1.82, 2.24) is 5.32 Å². The lowest BCUT2D eigenvalue weighted by Gasteiger charge is -2.21. The number of thiocarbonyl (C=S) groups is 1. The summed E-state index contributed by atoms with van der Waals surface area (Å²) in [6, 6.07) is 0. The van der Waals surface area contributed by atoms with Gasteiger partial charge >= 0.3 is 0 Å². The third kappa shape index (κ3) is 6.88. The second-order valence-corrected chi connectivity index (χ2v) is 6.08. The Morgan fingerprint density at radius 1 is 1.29 bits per heavy atom. The molecule has 0 spiro atoms. The van der Waals surface area contributed by atoms with Gasteiger partial charge in [-0.25, -0.2) is 0 Å². The van der Waals surface area contributed by atoms with E-state index in [1.54, 1.807) is 13.8 Å². The molecule has 0 fully saturated rings. The van der Waals surface area contributed by atoms with E-state index in [-0.39, 0.29) is 10.9 Å². The molecule has 0 saturated carbocycles. The third-order valence-electron chi connectivity index (χ3n) is 2.74. The molecule has 1 amide bonds. The first-order valence-corrected chi connectivity index (χ1v) is 7.80. The van der Waals surface area contributed by atoms with Gasteiger partial charge in [0.25, 0.3) is 0 Å². The summed E-state index contributed by atoms with van der Waals surface area (Å²) < 4.78 is 0. The van der Waals surface area contributed by atoms with Crippen LogP contribution in [0.3, 0.4) is 0 Å². The SMILES string of the molecule is CSCCCCCCNC(=O)C(C)(C)C(N)=S. The van der Waals surface area contributed by atoms with Crippen molar-refractivity contribution < 1.29 is 4.79 Å². The molecule has 0 aliphatic rings. The third-order valence-corrected chi connectivity index (χ3v) is 3.95. The van der Waals surface area contributed by atoms with Crippen molar-refractivity contribution in [2.75, 3.05) is 18.6 Å². The van der Waals surface area contributed by atoms with E-state index >= 15 is 0 Å². The Hall–Kier alpha value is -0.290. The number of thioether (sulfide) groups is 1. The molecule has 0 radical (unpaired) electrons. The number of hydrogen-bond acceptors (Lipinski definition) is 3. The van der Waals surface area contributed by atoms with Crippen LogP contribution in [0.5, 0.6) is 0 Å². The van der Waals surface area contributed by atoms with Gasteiger partial charge in [0, 0.05) is 6.54 Å². The summed E-state index contributed by atoms with van der Waals surface area (Å²) in [4.78, 5) is 12.0. The molecule has 0 unspecified atom stereocenters. The van der Waals surface area contributed by atoms with E-state index < -0.39 is 5.41 Å². The van der Waals surface area contributed by atoms with Gasteiger partial charge in [-0.05, 0) is 38.7 Å².